The number of rotatable bonds is 3. The van der Waals surface area contributed by atoms with Crippen LogP contribution in [0.5, 0.6) is 0 Å². The molecule has 0 saturated heterocycles. The van der Waals surface area contributed by atoms with Crippen LogP contribution in [0.15, 0.2) is 47.3 Å². The largest absolute Gasteiger partial charge is 0.340 e. The maximum atomic E-state index is 12.8. The quantitative estimate of drug-likeness (QED) is 0.712. The normalized spacial score (nSPS) is 11.6. The molecule has 3 rings (SSSR count). The van der Waals surface area contributed by atoms with E-state index in [0.717, 1.165) is 19.9 Å². The first-order valence-electron chi connectivity index (χ1n) is 5.69. The Morgan fingerprint density at radius 3 is 2.84 bits per heavy atom. The molecular formula is C13H10BrF2N3. The molecule has 0 bridgehead atoms. The summed E-state index contributed by atoms with van der Waals surface area (Å²) in [4.78, 5) is 3.99. The Bertz CT molecular complexity index is 718. The minimum Gasteiger partial charge on any atom is -0.340 e. The molecule has 0 saturated carbocycles. The van der Waals surface area contributed by atoms with Crippen molar-refractivity contribution in [3.8, 4) is 0 Å². The summed E-state index contributed by atoms with van der Waals surface area (Å²) in [6.07, 6.45) is 4.56. The van der Waals surface area contributed by atoms with Gasteiger partial charge in [0.05, 0.1) is 6.54 Å². The SMILES string of the molecule is FC(F)n1ccnc1Cn1ccc2cc(Br)ccc21. The predicted molar refractivity (Wildman–Crippen MR) is 72.2 cm³/mol. The molecule has 0 spiro atoms. The lowest BCUT2D eigenvalue weighted by molar-refractivity contribution is 0.0667. The van der Waals surface area contributed by atoms with Gasteiger partial charge < -0.3 is 4.57 Å². The number of imidazole rings is 1. The molecule has 2 heterocycles. The van der Waals surface area contributed by atoms with E-state index >= 15 is 0 Å². The Labute approximate surface area is 116 Å². The lowest BCUT2D eigenvalue weighted by Crippen LogP contribution is -2.08. The minimum atomic E-state index is -2.56. The fourth-order valence-electron chi connectivity index (χ4n) is 2.11. The molecular weight excluding hydrogens is 316 g/mol. The highest BCUT2D eigenvalue weighted by Crippen LogP contribution is 2.22. The zero-order valence-corrected chi connectivity index (χ0v) is 11.4. The Balaban J connectivity index is 1.99. The molecule has 6 heteroatoms. The summed E-state index contributed by atoms with van der Waals surface area (Å²) in [5.74, 6) is 0.343. The number of hydrogen-bond donors (Lipinski definition) is 0. The van der Waals surface area contributed by atoms with Gasteiger partial charge in [0.15, 0.2) is 0 Å². The molecule has 2 aromatic heterocycles. The lowest BCUT2D eigenvalue weighted by atomic mass is 10.2. The third-order valence-corrected chi connectivity index (χ3v) is 3.50. The molecule has 98 valence electrons. The van der Waals surface area contributed by atoms with Crippen molar-refractivity contribution >= 4 is 26.8 Å². The number of benzene rings is 1. The van der Waals surface area contributed by atoms with Gasteiger partial charge in [-0.25, -0.2) is 4.98 Å². The molecule has 19 heavy (non-hydrogen) atoms. The van der Waals surface area contributed by atoms with Crippen LogP contribution in [-0.4, -0.2) is 14.1 Å². The van der Waals surface area contributed by atoms with Crippen LogP contribution in [0.25, 0.3) is 10.9 Å². The highest BCUT2D eigenvalue weighted by atomic mass is 79.9. The molecule has 0 N–H and O–H groups in total. The summed E-state index contributed by atoms with van der Waals surface area (Å²) < 4.78 is 29.3. The highest BCUT2D eigenvalue weighted by Gasteiger charge is 2.12. The molecule has 0 radical (unpaired) electrons. The van der Waals surface area contributed by atoms with Crippen molar-refractivity contribution in [1.29, 1.82) is 0 Å². The Hall–Kier alpha value is -1.69. The van der Waals surface area contributed by atoms with Crippen molar-refractivity contribution in [1.82, 2.24) is 14.1 Å². The van der Waals surface area contributed by atoms with E-state index in [1.54, 1.807) is 0 Å². The predicted octanol–water partition coefficient (Wildman–Crippen LogP) is 4.04. The summed E-state index contributed by atoms with van der Waals surface area (Å²) in [7, 11) is 0. The zero-order valence-electron chi connectivity index (χ0n) is 9.80. The van der Waals surface area contributed by atoms with Crippen molar-refractivity contribution in [2.24, 2.45) is 0 Å². The van der Waals surface area contributed by atoms with Crippen LogP contribution in [0.1, 0.15) is 12.4 Å². The number of halogens is 3. The second-order valence-electron chi connectivity index (χ2n) is 4.18. The Morgan fingerprint density at radius 2 is 2.05 bits per heavy atom. The molecule has 0 amide bonds. The average molecular weight is 326 g/mol. The third-order valence-electron chi connectivity index (χ3n) is 3.00. The number of fused-ring (bicyclic) bond motifs is 1. The minimum absolute atomic E-state index is 0.322. The van der Waals surface area contributed by atoms with E-state index in [1.165, 1.54) is 12.4 Å². The van der Waals surface area contributed by atoms with Crippen LogP contribution in [0.2, 0.25) is 0 Å². The van der Waals surface area contributed by atoms with Crippen LogP contribution >= 0.6 is 15.9 Å². The van der Waals surface area contributed by atoms with E-state index in [9.17, 15) is 8.78 Å². The van der Waals surface area contributed by atoms with Gasteiger partial charge in [0.1, 0.15) is 5.82 Å². The number of nitrogens with zero attached hydrogens (tertiary/aromatic N) is 3. The van der Waals surface area contributed by atoms with E-state index in [1.807, 2.05) is 35.0 Å². The molecule has 1 aromatic carbocycles. The second-order valence-corrected chi connectivity index (χ2v) is 5.09. The van der Waals surface area contributed by atoms with E-state index < -0.39 is 6.55 Å². The molecule has 0 fully saturated rings. The fourth-order valence-corrected chi connectivity index (χ4v) is 2.48. The first-order chi connectivity index (χ1) is 9.15. The highest BCUT2D eigenvalue weighted by molar-refractivity contribution is 9.10. The number of alkyl halides is 2. The van der Waals surface area contributed by atoms with E-state index in [0.29, 0.717) is 12.4 Å². The van der Waals surface area contributed by atoms with Gasteiger partial charge in [-0.2, -0.15) is 8.78 Å². The smallest absolute Gasteiger partial charge is 0.319 e. The zero-order chi connectivity index (χ0) is 13.4. The van der Waals surface area contributed by atoms with Gasteiger partial charge in [0.25, 0.3) is 0 Å². The molecule has 0 aliphatic heterocycles. The maximum Gasteiger partial charge on any atom is 0.319 e. The summed E-state index contributed by atoms with van der Waals surface area (Å²) in [6.45, 7) is -2.24. The van der Waals surface area contributed by atoms with Gasteiger partial charge in [0.2, 0.25) is 0 Å². The van der Waals surface area contributed by atoms with E-state index in [-0.39, 0.29) is 0 Å². The van der Waals surface area contributed by atoms with Gasteiger partial charge in [-0.3, -0.25) is 4.57 Å². The summed E-state index contributed by atoms with van der Waals surface area (Å²) >= 11 is 3.41. The first-order valence-corrected chi connectivity index (χ1v) is 6.49. The van der Waals surface area contributed by atoms with Gasteiger partial charge in [0, 0.05) is 34.0 Å². The van der Waals surface area contributed by atoms with Crippen molar-refractivity contribution in [2.75, 3.05) is 0 Å². The summed E-state index contributed by atoms with van der Waals surface area (Å²) in [5.41, 5.74) is 0.993. The van der Waals surface area contributed by atoms with Crippen LogP contribution in [0.3, 0.4) is 0 Å². The fraction of sp³-hybridized carbons (Fsp3) is 0.154. The summed E-state index contributed by atoms with van der Waals surface area (Å²) in [5, 5.41) is 1.06. The summed E-state index contributed by atoms with van der Waals surface area (Å²) in [6, 6.07) is 7.83. The molecule has 0 unspecified atom stereocenters. The van der Waals surface area contributed by atoms with Crippen molar-refractivity contribution in [3.63, 3.8) is 0 Å². The maximum absolute atomic E-state index is 12.8. The standard InChI is InChI=1S/C13H10BrF2N3/c14-10-1-2-11-9(7-10)3-5-18(11)8-12-17-4-6-19(12)13(15)16/h1-7,13H,8H2. The van der Waals surface area contributed by atoms with Crippen molar-refractivity contribution in [2.45, 2.75) is 13.1 Å². The van der Waals surface area contributed by atoms with Gasteiger partial charge in [-0.1, -0.05) is 15.9 Å². The van der Waals surface area contributed by atoms with Gasteiger partial charge >= 0.3 is 6.55 Å². The van der Waals surface area contributed by atoms with Crippen LogP contribution < -0.4 is 0 Å². The molecule has 0 aliphatic carbocycles. The van der Waals surface area contributed by atoms with Crippen LogP contribution in [-0.2, 0) is 6.54 Å². The van der Waals surface area contributed by atoms with Gasteiger partial charge in [-0.05, 0) is 24.3 Å². The second kappa shape index (κ2) is 4.77. The number of hydrogen-bond acceptors (Lipinski definition) is 1. The van der Waals surface area contributed by atoms with E-state index in [2.05, 4.69) is 20.9 Å². The van der Waals surface area contributed by atoms with Crippen LogP contribution in [0.4, 0.5) is 8.78 Å². The third kappa shape index (κ3) is 2.28. The average Bonchev–Trinajstić information content (AvgIpc) is 2.97. The molecule has 0 atom stereocenters. The Kier molecular flexibility index (Phi) is 3.10. The van der Waals surface area contributed by atoms with Crippen molar-refractivity contribution in [3.05, 3.63) is 53.2 Å². The topological polar surface area (TPSA) is 22.8 Å². The van der Waals surface area contributed by atoms with Crippen molar-refractivity contribution < 1.29 is 8.78 Å². The monoisotopic (exact) mass is 325 g/mol. The van der Waals surface area contributed by atoms with Gasteiger partial charge in [-0.15, -0.1) is 0 Å². The molecule has 0 aliphatic rings. The Morgan fingerprint density at radius 1 is 1.21 bits per heavy atom. The van der Waals surface area contributed by atoms with Crippen LogP contribution in [0, 0.1) is 0 Å². The molecule has 3 nitrogen and oxygen atoms in total. The number of aromatic nitrogens is 3. The lowest BCUT2D eigenvalue weighted by Gasteiger charge is -2.08. The van der Waals surface area contributed by atoms with E-state index in [4.69, 9.17) is 0 Å². The molecule has 3 aromatic rings. The first kappa shape index (κ1) is 12.3.